The van der Waals surface area contributed by atoms with Gasteiger partial charge in [0.2, 0.25) is 10.0 Å². The van der Waals surface area contributed by atoms with Gasteiger partial charge in [-0.05, 0) is 48.6 Å². The maximum Gasteiger partial charge on any atom is 0.242 e. The molecule has 27 heavy (non-hydrogen) atoms. The van der Waals surface area contributed by atoms with Gasteiger partial charge in [0, 0.05) is 25.3 Å². The molecule has 0 aromatic heterocycles. The zero-order valence-corrected chi connectivity index (χ0v) is 16.6. The number of phenols is 1. The van der Waals surface area contributed by atoms with Crippen LogP contribution in [0, 0.1) is 0 Å². The van der Waals surface area contributed by atoms with Crippen LogP contribution in [0.25, 0.3) is 0 Å². The number of methoxy groups -OCH3 is 1. The lowest BCUT2D eigenvalue weighted by atomic mass is 10.2. The second kappa shape index (κ2) is 8.80. The van der Waals surface area contributed by atoms with Crippen molar-refractivity contribution in [2.75, 3.05) is 26.5 Å². The number of nitrogens with one attached hydrogen (secondary N) is 2. The second-order valence-corrected chi connectivity index (χ2v) is 8.12. The molecule has 10 heteroatoms. The minimum atomic E-state index is -3.54. The van der Waals surface area contributed by atoms with Crippen LogP contribution in [-0.2, 0) is 10.0 Å². The average molecular weight is 409 g/mol. The summed E-state index contributed by atoms with van der Waals surface area (Å²) >= 11 is 5.14. The zero-order valence-electron chi connectivity index (χ0n) is 15.0. The first-order chi connectivity index (χ1) is 12.7. The normalized spacial score (nSPS) is 11.6. The second-order valence-electron chi connectivity index (χ2n) is 5.56. The Labute approximate surface area is 163 Å². The Bertz CT molecular complexity index is 959. The molecular formula is C17H20N4O4S2. The maximum atomic E-state index is 12.2. The maximum absolute atomic E-state index is 12.2. The number of rotatable bonds is 6. The van der Waals surface area contributed by atoms with Crippen LogP contribution in [-0.4, -0.2) is 50.4 Å². The van der Waals surface area contributed by atoms with E-state index in [9.17, 15) is 13.5 Å². The van der Waals surface area contributed by atoms with Crippen LogP contribution in [0.5, 0.6) is 11.5 Å². The Morgan fingerprint density at radius 1 is 1.26 bits per heavy atom. The molecule has 0 aliphatic carbocycles. The molecule has 0 saturated heterocycles. The van der Waals surface area contributed by atoms with Crippen molar-refractivity contribution in [1.29, 1.82) is 0 Å². The predicted octanol–water partition coefficient (Wildman–Crippen LogP) is 1.97. The van der Waals surface area contributed by atoms with Gasteiger partial charge in [-0.2, -0.15) is 5.10 Å². The van der Waals surface area contributed by atoms with Crippen molar-refractivity contribution in [3.63, 3.8) is 0 Å². The minimum absolute atomic E-state index is 0.0434. The quantitative estimate of drug-likeness (QED) is 0.381. The monoisotopic (exact) mass is 408 g/mol. The molecule has 2 rings (SSSR count). The Kier molecular flexibility index (Phi) is 6.72. The first kappa shape index (κ1) is 20.6. The van der Waals surface area contributed by atoms with Crippen molar-refractivity contribution in [2.24, 2.45) is 5.10 Å². The summed E-state index contributed by atoms with van der Waals surface area (Å²) < 4.78 is 30.6. The van der Waals surface area contributed by atoms with Gasteiger partial charge in [0.05, 0.1) is 18.2 Å². The topological polar surface area (TPSA) is 103 Å². The largest absolute Gasteiger partial charge is 0.507 e. The number of anilines is 1. The third-order valence-corrected chi connectivity index (χ3v) is 5.48. The number of ether oxygens (including phenoxy) is 1. The Balaban J connectivity index is 2.04. The molecular weight excluding hydrogens is 388 g/mol. The van der Waals surface area contributed by atoms with Crippen LogP contribution in [0.15, 0.2) is 52.5 Å². The Morgan fingerprint density at radius 3 is 2.67 bits per heavy atom. The van der Waals surface area contributed by atoms with Crippen molar-refractivity contribution < 1.29 is 18.3 Å². The molecule has 0 saturated carbocycles. The predicted molar refractivity (Wildman–Crippen MR) is 109 cm³/mol. The van der Waals surface area contributed by atoms with E-state index >= 15 is 0 Å². The van der Waals surface area contributed by atoms with Crippen molar-refractivity contribution >= 4 is 39.3 Å². The molecule has 0 atom stereocenters. The summed E-state index contributed by atoms with van der Waals surface area (Å²) in [4.78, 5) is 0.144. The average Bonchev–Trinajstić information content (AvgIpc) is 2.63. The molecule has 8 nitrogen and oxygen atoms in total. The van der Waals surface area contributed by atoms with E-state index < -0.39 is 10.0 Å². The molecule has 0 aliphatic rings. The summed E-state index contributed by atoms with van der Waals surface area (Å²) in [5.41, 5.74) is 3.55. The highest BCUT2D eigenvalue weighted by atomic mass is 32.2. The summed E-state index contributed by atoms with van der Waals surface area (Å²) in [6, 6.07) is 11.0. The fourth-order valence-corrected chi connectivity index (χ4v) is 3.15. The first-order valence-corrected chi connectivity index (χ1v) is 9.58. The van der Waals surface area contributed by atoms with Crippen molar-refractivity contribution in [3.8, 4) is 11.5 Å². The van der Waals surface area contributed by atoms with E-state index in [0.29, 0.717) is 17.0 Å². The van der Waals surface area contributed by atoms with Gasteiger partial charge in [0.15, 0.2) is 5.11 Å². The lowest BCUT2D eigenvalue weighted by Crippen LogP contribution is -2.25. The van der Waals surface area contributed by atoms with Crippen LogP contribution in [0.4, 0.5) is 5.69 Å². The lowest BCUT2D eigenvalue weighted by molar-refractivity contribution is 0.412. The van der Waals surface area contributed by atoms with Crippen molar-refractivity contribution in [3.05, 3.63) is 48.0 Å². The third kappa shape index (κ3) is 5.39. The molecule has 0 amide bonds. The fraction of sp³-hybridized carbons (Fsp3) is 0.176. The summed E-state index contributed by atoms with van der Waals surface area (Å²) in [6.45, 7) is 0. The van der Waals surface area contributed by atoms with Crippen LogP contribution >= 0.6 is 12.2 Å². The van der Waals surface area contributed by atoms with Gasteiger partial charge in [-0.3, -0.25) is 5.43 Å². The van der Waals surface area contributed by atoms with Gasteiger partial charge in [0.1, 0.15) is 11.5 Å². The number of hydrazone groups is 1. The Morgan fingerprint density at radius 2 is 2.00 bits per heavy atom. The number of phenolic OH excluding ortho intramolecular Hbond substituents is 1. The summed E-state index contributed by atoms with van der Waals surface area (Å²) in [5, 5.41) is 16.8. The summed E-state index contributed by atoms with van der Waals surface area (Å²) in [7, 11) is 0.909. The number of sulfonamides is 1. The number of nitrogens with zero attached hydrogens (tertiary/aromatic N) is 2. The molecule has 0 fully saturated rings. The molecule has 144 valence electrons. The summed E-state index contributed by atoms with van der Waals surface area (Å²) in [6.07, 6.45) is 1.39. The van der Waals surface area contributed by atoms with Crippen LogP contribution in [0.3, 0.4) is 0 Å². The molecule has 2 aromatic carbocycles. The van der Waals surface area contributed by atoms with Crippen molar-refractivity contribution in [1.82, 2.24) is 9.73 Å². The number of hydrogen-bond donors (Lipinski definition) is 3. The standard InChI is InChI=1S/C17H20N4O4S2/c1-21(2)27(23,24)15-6-4-5-13(10-15)19-17(26)20-18-11-12-9-14(25-3)7-8-16(12)22/h4-11,22H,1-3H3,(H2,19,20,26)/b18-11+. The highest BCUT2D eigenvalue weighted by Gasteiger charge is 2.17. The summed E-state index contributed by atoms with van der Waals surface area (Å²) in [5.74, 6) is 0.621. The van der Waals surface area contributed by atoms with E-state index in [1.54, 1.807) is 24.3 Å². The van der Waals surface area contributed by atoms with Gasteiger partial charge in [-0.25, -0.2) is 12.7 Å². The SMILES string of the molecule is COc1ccc(O)c(/C=N/NC(=S)Nc2cccc(S(=O)(=O)N(C)C)c2)c1. The van der Waals surface area contributed by atoms with E-state index in [2.05, 4.69) is 15.8 Å². The number of thiocarbonyl (C=S) groups is 1. The van der Waals surface area contributed by atoms with Crippen LogP contribution < -0.4 is 15.5 Å². The number of aromatic hydroxyl groups is 1. The molecule has 0 bridgehead atoms. The van der Waals surface area contributed by atoms with Gasteiger partial charge >= 0.3 is 0 Å². The molecule has 0 unspecified atom stereocenters. The Hall–Kier alpha value is -2.69. The molecule has 0 spiro atoms. The number of benzene rings is 2. The van der Waals surface area contributed by atoms with Crippen LogP contribution in [0.2, 0.25) is 0 Å². The van der Waals surface area contributed by atoms with Crippen LogP contribution in [0.1, 0.15) is 5.56 Å². The molecule has 2 aromatic rings. The number of hydrogen-bond acceptors (Lipinski definition) is 6. The smallest absolute Gasteiger partial charge is 0.242 e. The van der Waals surface area contributed by atoms with Gasteiger partial charge in [0.25, 0.3) is 0 Å². The minimum Gasteiger partial charge on any atom is -0.507 e. The highest BCUT2D eigenvalue weighted by Crippen LogP contribution is 2.21. The van der Waals surface area contributed by atoms with Gasteiger partial charge in [-0.1, -0.05) is 6.07 Å². The molecule has 3 N–H and O–H groups in total. The van der Waals surface area contributed by atoms with E-state index in [-0.39, 0.29) is 15.8 Å². The van der Waals surface area contributed by atoms with E-state index in [4.69, 9.17) is 17.0 Å². The van der Waals surface area contributed by atoms with Gasteiger partial charge < -0.3 is 15.2 Å². The fourth-order valence-electron chi connectivity index (χ4n) is 2.03. The molecule has 0 radical (unpaired) electrons. The first-order valence-electron chi connectivity index (χ1n) is 7.73. The van der Waals surface area contributed by atoms with E-state index in [0.717, 1.165) is 4.31 Å². The highest BCUT2D eigenvalue weighted by molar-refractivity contribution is 7.89. The van der Waals surface area contributed by atoms with Crippen molar-refractivity contribution in [2.45, 2.75) is 4.90 Å². The van der Waals surface area contributed by atoms with E-state index in [1.165, 1.54) is 45.6 Å². The third-order valence-electron chi connectivity index (χ3n) is 3.47. The van der Waals surface area contributed by atoms with Gasteiger partial charge in [-0.15, -0.1) is 0 Å². The molecule has 0 aliphatic heterocycles. The lowest BCUT2D eigenvalue weighted by Gasteiger charge is -2.13. The molecule has 0 heterocycles. The van der Waals surface area contributed by atoms with E-state index in [1.807, 2.05) is 0 Å². The zero-order chi connectivity index (χ0) is 20.0.